The van der Waals surface area contributed by atoms with Crippen LogP contribution in [0.1, 0.15) is 34.8 Å². The summed E-state index contributed by atoms with van der Waals surface area (Å²) in [6.07, 6.45) is 3.16. The number of rotatable bonds is 6. The van der Waals surface area contributed by atoms with Gasteiger partial charge in [-0.15, -0.1) is 0 Å². The molecule has 1 aliphatic heterocycles. The topological polar surface area (TPSA) is 106 Å². The van der Waals surface area contributed by atoms with Crippen molar-refractivity contribution in [2.24, 2.45) is 0 Å². The van der Waals surface area contributed by atoms with Crippen molar-refractivity contribution in [1.82, 2.24) is 9.97 Å². The molecule has 0 saturated carbocycles. The summed E-state index contributed by atoms with van der Waals surface area (Å²) >= 11 is 1.27. The molecule has 0 bridgehead atoms. The molecule has 9 heteroatoms. The first kappa shape index (κ1) is 20.9. The molecule has 0 radical (unpaired) electrons. The summed E-state index contributed by atoms with van der Waals surface area (Å²) in [5.41, 5.74) is 1.17. The lowest BCUT2D eigenvalue weighted by atomic mass is 9.96. The minimum atomic E-state index is -0.906. The number of ether oxygens (including phenoxy) is 1. The third kappa shape index (κ3) is 3.56. The number of furan rings is 1. The van der Waals surface area contributed by atoms with Crippen LogP contribution in [-0.2, 0) is 4.79 Å². The quantitative estimate of drug-likeness (QED) is 0.412. The maximum atomic E-state index is 13.3. The molecule has 0 spiro atoms. The predicted octanol–water partition coefficient (Wildman–Crippen LogP) is 4.77. The fourth-order valence-corrected chi connectivity index (χ4v) is 4.85. The van der Waals surface area contributed by atoms with Gasteiger partial charge < -0.3 is 14.3 Å². The molecule has 0 aliphatic carbocycles. The van der Waals surface area contributed by atoms with Gasteiger partial charge in [0.1, 0.15) is 11.5 Å². The van der Waals surface area contributed by atoms with E-state index >= 15 is 0 Å². The van der Waals surface area contributed by atoms with Gasteiger partial charge in [0.05, 0.1) is 28.4 Å². The third-order valence-electron chi connectivity index (χ3n) is 5.28. The van der Waals surface area contributed by atoms with Crippen molar-refractivity contribution in [2.45, 2.75) is 19.9 Å². The van der Waals surface area contributed by atoms with Crippen molar-refractivity contribution < 1.29 is 23.8 Å². The van der Waals surface area contributed by atoms with Gasteiger partial charge >= 0.3 is 0 Å². The summed E-state index contributed by atoms with van der Waals surface area (Å²) < 4.78 is 11.9. The Hall–Kier alpha value is -3.98. The van der Waals surface area contributed by atoms with Gasteiger partial charge in [0, 0.05) is 12.4 Å². The Kier molecular flexibility index (Phi) is 5.18. The Balaban J connectivity index is 1.63. The molecule has 4 heterocycles. The summed E-state index contributed by atoms with van der Waals surface area (Å²) in [5.74, 6) is -0.611. The lowest BCUT2D eigenvalue weighted by Crippen LogP contribution is -2.31. The second-order valence-electron chi connectivity index (χ2n) is 7.42. The Morgan fingerprint density at radius 2 is 2.12 bits per heavy atom. The normalized spacial score (nSPS) is 16.1. The number of carbonyl (C=O) groups is 2. The fourth-order valence-electron chi connectivity index (χ4n) is 3.83. The number of anilines is 1. The number of aromatic nitrogens is 2. The highest BCUT2D eigenvalue weighted by Gasteiger charge is 2.46. The zero-order valence-electron chi connectivity index (χ0n) is 17.8. The van der Waals surface area contributed by atoms with Crippen LogP contribution in [0.3, 0.4) is 0 Å². The van der Waals surface area contributed by atoms with Crippen LogP contribution < -0.4 is 9.64 Å². The molecular weight excluding hydrogens is 442 g/mol. The summed E-state index contributed by atoms with van der Waals surface area (Å²) in [5, 5.41) is 11.2. The molecule has 5 rings (SSSR count). The van der Waals surface area contributed by atoms with E-state index in [-0.39, 0.29) is 11.3 Å². The van der Waals surface area contributed by atoms with E-state index in [4.69, 9.17) is 9.15 Å². The Morgan fingerprint density at radius 3 is 2.82 bits per heavy atom. The minimum Gasteiger partial charge on any atom is -0.503 e. The Morgan fingerprint density at radius 1 is 1.27 bits per heavy atom. The van der Waals surface area contributed by atoms with Gasteiger partial charge in [-0.1, -0.05) is 17.4 Å². The van der Waals surface area contributed by atoms with Crippen LogP contribution in [-0.4, -0.2) is 33.4 Å². The molecule has 166 valence electrons. The van der Waals surface area contributed by atoms with E-state index in [1.54, 1.807) is 37.5 Å². The number of aryl methyl sites for hydroxylation is 1. The highest BCUT2D eigenvalue weighted by atomic mass is 32.1. The molecule has 8 nitrogen and oxygen atoms in total. The first-order chi connectivity index (χ1) is 16.0. The zero-order valence-corrected chi connectivity index (χ0v) is 18.6. The molecule has 3 aromatic heterocycles. The fraction of sp³-hybridized carbons (Fsp3) is 0.167. The third-order valence-corrected chi connectivity index (χ3v) is 6.30. The molecule has 1 aliphatic rings. The van der Waals surface area contributed by atoms with E-state index in [2.05, 4.69) is 9.97 Å². The number of amides is 1. The molecule has 1 atom stereocenters. The van der Waals surface area contributed by atoms with Crippen LogP contribution in [0.15, 0.2) is 70.6 Å². The van der Waals surface area contributed by atoms with Crippen LogP contribution in [0.4, 0.5) is 5.13 Å². The van der Waals surface area contributed by atoms with Gasteiger partial charge in [-0.05, 0) is 55.8 Å². The van der Waals surface area contributed by atoms with Crippen molar-refractivity contribution >= 4 is 38.4 Å². The average molecular weight is 461 g/mol. The first-order valence-electron chi connectivity index (χ1n) is 10.3. The molecule has 1 unspecified atom stereocenters. The lowest BCUT2D eigenvalue weighted by molar-refractivity contribution is -0.117. The number of aliphatic hydroxyl groups excluding tert-OH is 1. The average Bonchev–Trinajstić information content (AvgIpc) is 3.50. The van der Waals surface area contributed by atoms with Crippen LogP contribution in [0, 0.1) is 6.92 Å². The molecule has 0 saturated heterocycles. The SMILES string of the molecule is CCOc1ccc2nc(N3C(=O)C(O)=C(C(=O)c4ccc(C)o4)C3c3cccnc3)sc2c1. The van der Waals surface area contributed by atoms with Crippen molar-refractivity contribution in [3.8, 4) is 5.75 Å². The number of benzene rings is 1. The highest BCUT2D eigenvalue weighted by molar-refractivity contribution is 7.22. The molecule has 0 fully saturated rings. The van der Waals surface area contributed by atoms with Crippen LogP contribution in [0.25, 0.3) is 10.2 Å². The second kappa shape index (κ2) is 8.18. The minimum absolute atomic E-state index is 0.0447. The van der Waals surface area contributed by atoms with Crippen molar-refractivity contribution in [1.29, 1.82) is 0 Å². The van der Waals surface area contributed by atoms with E-state index in [1.165, 1.54) is 22.3 Å². The van der Waals surface area contributed by atoms with Crippen LogP contribution in [0.2, 0.25) is 0 Å². The number of thiazole rings is 1. The number of nitrogens with zero attached hydrogens (tertiary/aromatic N) is 3. The van der Waals surface area contributed by atoms with E-state index in [0.717, 1.165) is 4.70 Å². The van der Waals surface area contributed by atoms with E-state index in [1.807, 2.05) is 25.1 Å². The summed E-state index contributed by atoms with van der Waals surface area (Å²) in [6, 6.07) is 11.2. The number of hydrogen-bond donors (Lipinski definition) is 1. The lowest BCUT2D eigenvalue weighted by Gasteiger charge is -2.23. The number of fused-ring (bicyclic) bond motifs is 1. The van der Waals surface area contributed by atoms with Crippen LogP contribution >= 0.6 is 11.3 Å². The predicted molar refractivity (Wildman–Crippen MR) is 123 cm³/mol. The molecule has 1 amide bonds. The van der Waals surface area contributed by atoms with E-state index in [0.29, 0.717) is 34.3 Å². The molecule has 1 N–H and O–H groups in total. The molecule has 4 aromatic rings. The van der Waals surface area contributed by atoms with E-state index < -0.39 is 23.5 Å². The zero-order chi connectivity index (χ0) is 23.1. The van der Waals surface area contributed by atoms with Crippen molar-refractivity contribution in [2.75, 3.05) is 11.5 Å². The second-order valence-corrected chi connectivity index (χ2v) is 8.43. The first-order valence-corrected chi connectivity index (χ1v) is 11.1. The monoisotopic (exact) mass is 461 g/mol. The molecule has 1 aromatic carbocycles. The van der Waals surface area contributed by atoms with Crippen molar-refractivity contribution in [3.63, 3.8) is 0 Å². The Bertz CT molecular complexity index is 1410. The number of aliphatic hydroxyl groups is 1. The number of pyridine rings is 1. The van der Waals surface area contributed by atoms with E-state index in [9.17, 15) is 14.7 Å². The number of Topliss-reactive ketones (excluding diaryl/α,β-unsaturated/α-hetero) is 1. The maximum Gasteiger partial charge on any atom is 0.296 e. The number of ketones is 1. The smallest absolute Gasteiger partial charge is 0.296 e. The molecular formula is C24H19N3O5S. The van der Waals surface area contributed by atoms with Gasteiger partial charge in [0.2, 0.25) is 5.78 Å². The standard InChI is InChI=1S/C24H19N3O5S/c1-3-31-15-7-8-16-18(11-15)33-24(26-16)27-20(14-5-4-10-25-12-14)19(22(29)23(27)30)21(28)17-9-6-13(2)32-17/h4-12,20,29H,3H2,1-2H3. The van der Waals surface area contributed by atoms with Gasteiger partial charge in [-0.25, -0.2) is 4.98 Å². The summed E-state index contributed by atoms with van der Waals surface area (Å²) in [6.45, 7) is 4.14. The summed E-state index contributed by atoms with van der Waals surface area (Å²) in [4.78, 5) is 36.6. The molecule has 33 heavy (non-hydrogen) atoms. The number of carbonyl (C=O) groups excluding carboxylic acids is 2. The van der Waals surface area contributed by atoms with Gasteiger partial charge in [-0.3, -0.25) is 19.5 Å². The summed E-state index contributed by atoms with van der Waals surface area (Å²) in [7, 11) is 0. The maximum absolute atomic E-state index is 13.3. The van der Waals surface area contributed by atoms with Crippen LogP contribution in [0.5, 0.6) is 5.75 Å². The Labute approximate surface area is 192 Å². The van der Waals surface area contributed by atoms with Crippen molar-refractivity contribution in [3.05, 3.63) is 83.3 Å². The number of hydrogen-bond acceptors (Lipinski definition) is 8. The highest BCUT2D eigenvalue weighted by Crippen LogP contribution is 2.44. The van der Waals surface area contributed by atoms with Gasteiger partial charge in [-0.2, -0.15) is 0 Å². The largest absolute Gasteiger partial charge is 0.503 e. The van der Waals surface area contributed by atoms with Gasteiger partial charge in [0.25, 0.3) is 5.91 Å². The van der Waals surface area contributed by atoms with Gasteiger partial charge in [0.15, 0.2) is 16.7 Å².